The molecule has 0 N–H and O–H groups in total. The van der Waals surface area contributed by atoms with Gasteiger partial charge in [0, 0.05) is 21.4 Å². The molecule has 0 bridgehead atoms. The first-order chi connectivity index (χ1) is 14.8. The van der Waals surface area contributed by atoms with Gasteiger partial charge in [0.05, 0.1) is 16.7 Å². The second-order valence-electron chi connectivity index (χ2n) is 7.60. The average Bonchev–Trinajstić information content (AvgIpc) is 3.11. The van der Waals surface area contributed by atoms with Crippen molar-refractivity contribution >= 4 is 44.2 Å². The van der Waals surface area contributed by atoms with Crippen LogP contribution >= 0.6 is 11.6 Å². The second-order valence-corrected chi connectivity index (χ2v) is 8.03. The highest BCUT2D eigenvalue weighted by atomic mass is 35.5. The third-order valence-electron chi connectivity index (χ3n) is 5.82. The molecular weight excluding hydrogens is 386 g/mol. The number of rotatable bonds is 2. The maximum atomic E-state index is 6.32. The zero-order valence-corrected chi connectivity index (χ0v) is 17.0. The summed E-state index contributed by atoms with van der Waals surface area (Å²) in [6, 6.07) is 38.4. The van der Waals surface area contributed by atoms with Gasteiger partial charge in [-0.1, -0.05) is 84.4 Å². The Bertz CT molecular complexity index is 1560. The van der Waals surface area contributed by atoms with Gasteiger partial charge in [-0.15, -0.1) is 0 Å². The molecule has 2 heteroatoms. The molecule has 6 rings (SSSR count). The highest BCUT2D eigenvalue weighted by molar-refractivity contribution is 6.30. The Labute approximate surface area is 179 Å². The maximum absolute atomic E-state index is 6.32. The SMILES string of the molecule is Clc1cccc(-c2ccccc2-n2c3ccccc3c3cc4ccccc4cc32)c1. The number of para-hydroxylation sites is 2. The van der Waals surface area contributed by atoms with E-state index in [4.69, 9.17) is 11.6 Å². The topological polar surface area (TPSA) is 4.93 Å². The number of benzene rings is 5. The van der Waals surface area contributed by atoms with E-state index in [2.05, 4.69) is 95.6 Å². The number of aromatic nitrogens is 1. The van der Waals surface area contributed by atoms with Gasteiger partial charge in [0.25, 0.3) is 0 Å². The van der Waals surface area contributed by atoms with Gasteiger partial charge in [-0.3, -0.25) is 0 Å². The monoisotopic (exact) mass is 403 g/mol. The molecule has 1 heterocycles. The normalized spacial score (nSPS) is 11.5. The molecule has 142 valence electrons. The third-order valence-corrected chi connectivity index (χ3v) is 6.06. The summed E-state index contributed by atoms with van der Waals surface area (Å²) in [6.07, 6.45) is 0. The fraction of sp³-hybridized carbons (Fsp3) is 0. The Kier molecular flexibility index (Phi) is 3.90. The Morgan fingerprint density at radius 1 is 0.533 bits per heavy atom. The molecule has 6 aromatic rings. The molecule has 0 radical (unpaired) electrons. The van der Waals surface area contributed by atoms with Crippen LogP contribution in [-0.4, -0.2) is 4.57 Å². The molecule has 0 unspecified atom stereocenters. The molecule has 0 saturated carbocycles. The van der Waals surface area contributed by atoms with Crippen LogP contribution in [0.15, 0.2) is 109 Å². The first-order valence-electron chi connectivity index (χ1n) is 10.1. The van der Waals surface area contributed by atoms with E-state index in [1.807, 2.05) is 18.2 Å². The minimum Gasteiger partial charge on any atom is -0.309 e. The van der Waals surface area contributed by atoms with Gasteiger partial charge in [0.2, 0.25) is 0 Å². The molecule has 0 aliphatic carbocycles. The summed E-state index contributed by atoms with van der Waals surface area (Å²) >= 11 is 6.32. The van der Waals surface area contributed by atoms with E-state index >= 15 is 0 Å². The van der Waals surface area contributed by atoms with Gasteiger partial charge in [-0.2, -0.15) is 0 Å². The summed E-state index contributed by atoms with van der Waals surface area (Å²) in [5.74, 6) is 0. The van der Waals surface area contributed by atoms with Crippen molar-refractivity contribution in [2.24, 2.45) is 0 Å². The smallest absolute Gasteiger partial charge is 0.0547 e. The lowest BCUT2D eigenvalue weighted by atomic mass is 10.0. The lowest BCUT2D eigenvalue weighted by Crippen LogP contribution is -1.97. The van der Waals surface area contributed by atoms with E-state index in [-0.39, 0.29) is 0 Å². The third kappa shape index (κ3) is 2.63. The van der Waals surface area contributed by atoms with Crippen molar-refractivity contribution in [1.29, 1.82) is 0 Å². The number of fused-ring (bicyclic) bond motifs is 4. The molecule has 0 amide bonds. The molecule has 1 nitrogen and oxygen atoms in total. The lowest BCUT2D eigenvalue weighted by Gasteiger charge is -2.14. The standard InChI is InChI=1S/C28H18ClN/c29-22-11-7-10-21(16-22)23-12-3-5-14-26(23)30-27-15-6-4-13-24(27)25-17-19-8-1-2-9-20(19)18-28(25)30/h1-18H. The van der Waals surface area contributed by atoms with Crippen LogP contribution in [0.25, 0.3) is 49.4 Å². The average molecular weight is 404 g/mol. The molecule has 5 aromatic carbocycles. The summed E-state index contributed by atoms with van der Waals surface area (Å²) < 4.78 is 2.38. The Morgan fingerprint density at radius 2 is 1.27 bits per heavy atom. The highest BCUT2D eigenvalue weighted by Gasteiger charge is 2.16. The van der Waals surface area contributed by atoms with Crippen LogP contribution in [-0.2, 0) is 0 Å². The minimum absolute atomic E-state index is 0.746. The van der Waals surface area contributed by atoms with E-state index in [0.717, 1.165) is 21.8 Å². The summed E-state index contributed by atoms with van der Waals surface area (Å²) in [6.45, 7) is 0. The first kappa shape index (κ1) is 17.3. The van der Waals surface area contributed by atoms with Crippen LogP contribution in [0.3, 0.4) is 0 Å². The van der Waals surface area contributed by atoms with Crippen molar-refractivity contribution in [2.75, 3.05) is 0 Å². The fourth-order valence-corrected chi connectivity index (χ4v) is 4.67. The summed E-state index contributed by atoms with van der Waals surface area (Å²) in [4.78, 5) is 0. The highest BCUT2D eigenvalue weighted by Crippen LogP contribution is 2.38. The van der Waals surface area contributed by atoms with Crippen molar-refractivity contribution in [2.45, 2.75) is 0 Å². The van der Waals surface area contributed by atoms with E-state index in [1.54, 1.807) is 0 Å². The van der Waals surface area contributed by atoms with Crippen LogP contribution in [0.4, 0.5) is 0 Å². The van der Waals surface area contributed by atoms with Gasteiger partial charge in [0.15, 0.2) is 0 Å². The Hall–Kier alpha value is -3.55. The predicted molar refractivity (Wildman–Crippen MR) is 129 cm³/mol. The molecule has 0 aliphatic heterocycles. The largest absolute Gasteiger partial charge is 0.309 e. The van der Waals surface area contributed by atoms with Crippen LogP contribution in [0.1, 0.15) is 0 Å². The molecule has 30 heavy (non-hydrogen) atoms. The van der Waals surface area contributed by atoms with E-state index in [1.165, 1.54) is 32.6 Å². The van der Waals surface area contributed by atoms with Gasteiger partial charge in [0.1, 0.15) is 0 Å². The summed E-state index contributed by atoms with van der Waals surface area (Å²) in [7, 11) is 0. The van der Waals surface area contributed by atoms with Crippen LogP contribution in [0.5, 0.6) is 0 Å². The predicted octanol–water partition coefficient (Wildman–Crippen LogP) is 8.26. The number of nitrogens with zero attached hydrogens (tertiary/aromatic N) is 1. The zero-order chi connectivity index (χ0) is 20.1. The minimum atomic E-state index is 0.746. The van der Waals surface area contributed by atoms with Crippen molar-refractivity contribution in [3.05, 3.63) is 114 Å². The molecule has 0 atom stereocenters. The van der Waals surface area contributed by atoms with Crippen molar-refractivity contribution in [3.63, 3.8) is 0 Å². The molecule has 0 spiro atoms. The van der Waals surface area contributed by atoms with Gasteiger partial charge < -0.3 is 4.57 Å². The fourth-order valence-electron chi connectivity index (χ4n) is 4.48. The van der Waals surface area contributed by atoms with Crippen molar-refractivity contribution in [1.82, 2.24) is 4.57 Å². The van der Waals surface area contributed by atoms with Gasteiger partial charge >= 0.3 is 0 Å². The molecule has 0 saturated heterocycles. The zero-order valence-electron chi connectivity index (χ0n) is 16.2. The van der Waals surface area contributed by atoms with Crippen molar-refractivity contribution < 1.29 is 0 Å². The van der Waals surface area contributed by atoms with Crippen LogP contribution < -0.4 is 0 Å². The van der Waals surface area contributed by atoms with Crippen LogP contribution in [0, 0.1) is 0 Å². The quantitative estimate of drug-likeness (QED) is 0.274. The molecular formula is C28H18ClN. The summed E-state index contributed by atoms with van der Waals surface area (Å²) in [5.41, 5.74) is 5.85. The summed E-state index contributed by atoms with van der Waals surface area (Å²) in [5, 5.41) is 5.78. The first-order valence-corrected chi connectivity index (χ1v) is 10.4. The molecule has 1 aromatic heterocycles. The second kappa shape index (κ2) is 6.76. The van der Waals surface area contributed by atoms with Crippen LogP contribution in [0.2, 0.25) is 5.02 Å². The number of halogens is 1. The Balaban J connectivity index is 1.76. The number of hydrogen-bond donors (Lipinski definition) is 0. The van der Waals surface area contributed by atoms with Gasteiger partial charge in [-0.05, 0) is 52.7 Å². The van der Waals surface area contributed by atoms with E-state index in [0.29, 0.717) is 0 Å². The van der Waals surface area contributed by atoms with Crippen molar-refractivity contribution in [3.8, 4) is 16.8 Å². The van der Waals surface area contributed by atoms with E-state index in [9.17, 15) is 0 Å². The van der Waals surface area contributed by atoms with E-state index < -0.39 is 0 Å². The molecule has 0 aliphatic rings. The number of hydrogen-bond acceptors (Lipinski definition) is 0. The lowest BCUT2D eigenvalue weighted by molar-refractivity contribution is 1.18. The van der Waals surface area contributed by atoms with Gasteiger partial charge in [-0.25, -0.2) is 0 Å². The maximum Gasteiger partial charge on any atom is 0.0547 e. The molecule has 0 fully saturated rings. The Morgan fingerprint density at radius 3 is 2.13 bits per heavy atom.